The summed E-state index contributed by atoms with van der Waals surface area (Å²) in [6, 6.07) is 13.8. The highest BCUT2D eigenvalue weighted by atomic mass is 32.1. The number of piperazine rings is 1. The summed E-state index contributed by atoms with van der Waals surface area (Å²) in [6.07, 6.45) is 0.859. The Bertz CT molecular complexity index is 1100. The lowest BCUT2D eigenvalue weighted by molar-refractivity contribution is -0.124. The van der Waals surface area contributed by atoms with Gasteiger partial charge in [-0.15, -0.1) is 0 Å². The smallest absolute Gasteiger partial charge is 0.256 e. The number of likely N-dealkylation sites (N-methyl/N-ethyl adjacent to an activating group) is 1. The molecule has 2 aliphatic rings. The molecule has 204 valence electrons. The predicted octanol–water partition coefficient (Wildman–Crippen LogP) is 3.06. The minimum Gasteiger partial charge on any atom is -0.497 e. The molecule has 1 N–H and O–H groups in total. The zero-order chi connectivity index (χ0) is 27.1. The number of rotatable bonds is 11. The van der Waals surface area contributed by atoms with Gasteiger partial charge in [0.2, 0.25) is 5.91 Å². The number of methoxy groups -OCH3 is 1. The zero-order valence-electron chi connectivity index (χ0n) is 22.4. The van der Waals surface area contributed by atoms with Crippen LogP contribution in [0, 0.1) is 0 Å². The van der Waals surface area contributed by atoms with Crippen LogP contribution >= 0.6 is 12.2 Å². The summed E-state index contributed by atoms with van der Waals surface area (Å²) in [4.78, 5) is 34.9. The standard InChI is InChI=1S/C28H37N5O4S/c1-4-37-24-10-6-21(7-11-24)29-26(34)20-25-27(35)33(22-8-12-23(36-3)13-9-22)28(38)32(25)15-5-14-31-18-16-30(2)17-19-31/h6-13,25H,4-5,14-20H2,1-3H3,(H,29,34)/t25-/m0/s1. The molecule has 0 radical (unpaired) electrons. The van der Waals surface area contributed by atoms with Crippen LogP contribution in [0.5, 0.6) is 11.5 Å². The van der Waals surface area contributed by atoms with E-state index < -0.39 is 6.04 Å². The molecule has 2 heterocycles. The van der Waals surface area contributed by atoms with Gasteiger partial charge in [-0.1, -0.05) is 0 Å². The van der Waals surface area contributed by atoms with Crippen molar-refractivity contribution in [3.8, 4) is 11.5 Å². The van der Waals surface area contributed by atoms with Crippen LogP contribution in [0.15, 0.2) is 48.5 Å². The van der Waals surface area contributed by atoms with Gasteiger partial charge < -0.3 is 29.5 Å². The largest absolute Gasteiger partial charge is 0.497 e. The molecule has 2 aromatic rings. The van der Waals surface area contributed by atoms with Gasteiger partial charge in [-0.25, -0.2) is 0 Å². The predicted molar refractivity (Wildman–Crippen MR) is 153 cm³/mol. The van der Waals surface area contributed by atoms with E-state index in [1.807, 2.05) is 36.1 Å². The van der Waals surface area contributed by atoms with Gasteiger partial charge in [-0.05, 0) is 87.7 Å². The summed E-state index contributed by atoms with van der Waals surface area (Å²) < 4.78 is 10.7. The molecule has 10 heteroatoms. The van der Waals surface area contributed by atoms with E-state index in [1.54, 1.807) is 36.3 Å². The van der Waals surface area contributed by atoms with Crippen LogP contribution in [0.4, 0.5) is 11.4 Å². The molecule has 2 fully saturated rings. The quantitative estimate of drug-likeness (QED) is 0.437. The first kappa shape index (κ1) is 27.8. The molecule has 2 saturated heterocycles. The summed E-state index contributed by atoms with van der Waals surface area (Å²) in [7, 11) is 3.74. The van der Waals surface area contributed by atoms with Crippen LogP contribution in [0.3, 0.4) is 0 Å². The molecule has 1 atom stereocenters. The number of carbonyl (C=O) groups excluding carboxylic acids is 2. The summed E-state index contributed by atoms with van der Waals surface area (Å²) in [5.41, 5.74) is 1.32. The molecule has 2 amide bonds. The molecule has 38 heavy (non-hydrogen) atoms. The van der Waals surface area contributed by atoms with Crippen molar-refractivity contribution >= 4 is 40.5 Å². The van der Waals surface area contributed by atoms with Crippen molar-refractivity contribution in [2.75, 3.05) is 70.2 Å². The SMILES string of the molecule is CCOc1ccc(NC(=O)C[C@H]2C(=O)N(c3ccc(OC)cc3)C(=S)N2CCCN2CCN(C)CC2)cc1. The molecule has 9 nitrogen and oxygen atoms in total. The topological polar surface area (TPSA) is 77.6 Å². The number of nitrogens with zero attached hydrogens (tertiary/aromatic N) is 4. The molecular weight excluding hydrogens is 502 g/mol. The van der Waals surface area contributed by atoms with E-state index in [-0.39, 0.29) is 18.2 Å². The van der Waals surface area contributed by atoms with Gasteiger partial charge in [-0.3, -0.25) is 14.5 Å². The fourth-order valence-corrected chi connectivity index (χ4v) is 5.20. The van der Waals surface area contributed by atoms with E-state index >= 15 is 0 Å². The Labute approximate surface area is 230 Å². The Morgan fingerprint density at radius 2 is 1.66 bits per heavy atom. The Morgan fingerprint density at radius 3 is 2.29 bits per heavy atom. The second-order valence-corrected chi connectivity index (χ2v) is 9.94. The summed E-state index contributed by atoms with van der Waals surface area (Å²) in [6.45, 7) is 8.20. The van der Waals surface area contributed by atoms with Gasteiger partial charge in [0, 0.05) is 38.4 Å². The van der Waals surface area contributed by atoms with Crippen LogP contribution in [0.1, 0.15) is 19.8 Å². The maximum atomic E-state index is 13.6. The number of amides is 2. The first-order chi connectivity index (χ1) is 18.4. The lowest BCUT2D eigenvalue weighted by atomic mass is 10.1. The second-order valence-electron chi connectivity index (χ2n) is 9.57. The number of hydrogen-bond acceptors (Lipinski definition) is 7. The van der Waals surface area contributed by atoms with E-state index in [4.69, 9.17) is 21.7 Å². The molecule has 0 aromatic heterocycles. The molecule has 0 saturated carbocycles. The van der Waals surface area contributed by atoms with Gasteiger partial charge >= 0.3 is 0 Å². The van der Waals surface area contributed by atoms with E-state index in [0.717, 1.165) is 44.9 Å². The first-order valence-corrected chi connectivity index (χ1v) is 13.5. The molecule has 0 spiro atoms. The van der Waals surface area contributed by atoms with E-state index in [0.29, 0.717) is 35.4 Å². The average molecular weight is 540 g/mol. The maximum Gasteiger partial charge on any atom is 0.256 e. The van der Waals surface area contributed by atoms with Crippen molar-refractivity contribution in [3.05, 3.63) is 48.5 Å². The number of benzene rings is 2. The number of nitrogens with one attached hydrogen (secondary N) is 1. The number of thiocarbonyl (C=S) groups is 1. The summed E-state index contributed by atoms with van der Waals surface area (Å²) in [5.74, 6) is 1.00. The molecule has 0 bridgehead atoms. The average Bonchev–Trinajstić information content (AvgIpc) is 3.15. The number of carbonyl (C=O) groups is 2. The van der Waals surface area contributed by atoms with Gasteiger partial charge in [0.1, 0.15) is 17.5 Å². The van der Waals surface area contributed by atoms with E-state index in [1.165, 1.54) is 0 Å². The molecule has 2 aromatic carbocycles. The fraction of sp³-hybridized carbons (Fsp3) is 0.464. The Morgan fingerprint density at radius 1 is 1.00 bits per heavy atom. The van der Waals surface area contributed by atoms with Crippen LogP contribution < -0.4 is 19.7 Å². The molecule has 0 unspecified atom stereocenters. The number of anilines is 2. The van der Waals surface area contributed by atoms with Gasteiger partial charge in [0.15, 0.2) is 5.11 Å². The third-order valence-electron chi connectivity index (χ3n) is 6.95. The molecule has 4 rings (SSSR count). The number of hydrogen-bond donors (Lipinski definition) is 1. The Balaban J connectivity index is 1.45. The first-order valence-electron chi connectivity index (χ1n) is 13.1. The summed E-state index contributed by atoms with van der Waals surface area (Å²) >= 11 is 5.80. The van der Waals surface area contributed by atoms with Crippen LogP contribution in [0.2, 0.25) is 0 Å². The summed E-state index contributed by atoms with van der Waals surface area (Å²) in [5, 5.41) is 3.34. The molecular formula is C28H37N5O4S. The van der Waals surface area contributed by atoms with E-state index in [2.05, 4.69) is 22.2 Å². The van der Waals surface area contributed by atoms with Crippen LogP contribution in [-0.2, 0) is 9.59 Å². The van der Waals surface area contributed by atoms with Crippen molar-refractivity contribution in [1.82, 2.24) is 14.7 Å². The van der Waals surface area contributed by atoms with Gasteiger partial charge in [0.25, 0.3) is 5.91 Å². The van der Waals surface area contributed by atoms with E-state index in [9.17, 15) is 9.59 Å². The zero-order valence-corrected chi connectivity index (χ0v) is 23.2. The third kappa shape index (κ3) is 6.80. The minimum atomic E-state index is -0.667. The Hall–Kier alpha value is -3.21. The fourth-order valence-electron chi connectivity index (χ4n) is 4.78. The third-order valence-corrected chi connectivity index (χ3v) is 7.36. The molecule has 0 aliphatic carbocycles. The lowest BCUT2D eigenvalue weighted by Gasteiger charge is -2.33. The molecule has 2 aliphatic heterocycles. The Kier molecular flexibility index (Phi) is 9.54. The monoisotopic (exact) mass is 539 g/mol. The van der Waals surface area contributed by atoms with Gasteiger partial charge in [-0.2, -0.15) is 0 Å². The van der Waals surface area contributed by atoms with Crippen LogP contribution in [-0.4, -0.2) is 97.7 Å². The number of ether oxygens (including phenoxy) is 2. The van der Waals surface area contributed by atoms with Gasteiger partial charge in [0.05, 0.1) is 25.8 Å². The highest BCUT2D eigenvalue weighted by Crippen LogP contribution is 2.29. The maximum absolute atomic E-state index is 13.6. The van der Waals surface area contributed by atoms with Crippen molar-refractivity contribution in [2.45, 2.75) is 25.8 Å². The van der Waals surface area contributed by atoms with Crippen molar-refractivity contribution in [3.63, 3.8) is 0 Å². The minimum absolute atomic E-state index is 0.00729. The van der Waals surface area contributed by atoms with Crippen molar-refractivity contribution in [2.24, 2.45) is 0 Å². The second kappa shape index (κ2) is 13.0. The normalized spacial score (nSPS) is 18.7. The van der Waals surface area contributed by atoms with Crippen molar-refractivity contribution < 1.29 is 19.1 Å². The van der Waals surface area contributed by atoms with Crippen LogP contribution in [0.25, 0.3) is 0 Å². The highest BCUT2D eigenvalue weighted by Gasteiger charge is 2.43. The highest BCUT2D eigenvalue weighted by molar-refractivity contribution is 7.80. The lowest BCUT2D eigenvalue weighted by Crippen LogP contribution is -2.45. The van der Waals surface area contributed by atoms with Crippen molar-refractivity contribution in [1.29, 1.82) is 0 Å².